The molecule has 0 fully saturated rings. The van der Waals surface area contributed by atoms with Crippen LogP contribution in [-0.2, 0) is 0 Å². The lowest BCUT2D eigenvalue weighted by Gasteiger charge is -2.32. The summed E-state index contributed by atoms with van der Waals surface area (Å²) < 4.78 is 26.6. The van der Waals surface area contributed by atoms with E-state index in [0.717, 1.165) is 30.2 Å². The number of rotatable bonds is 8. The van der Waals surface area contributed by atoms with Gasteiger partial charge < -0.3 is 0 Å². The number of hydrogen-bond donors (Lipinski definition) is 0. The van der Waals surface area contributed by atoms with Crippen molar-refractivity contribution in [1.82, 2.24) is 0 Å². The van der Waals surface area contributed by atoms with Crippen LogP contribution in [0.5, 0.6) is 0 Å². The quantitative estimate of drug-likeness (QED) is 0.318. The number of unbranched alkanes of at least 4 members (excludes halogenated alkanes) is 4. The van der Waals surface area contributed by atoms with E-state index in [1.165, 1.54) is 81.9 Å². The third kappa shape index (κ3) is 5.77. The van der Waals surface area contributed by atoms with E-state index in [0.29, 0.717) is 0 Å². The van der Waals surface area contributed by atoms with Crippen LogP contribution in [0.2, 0.25) is 0 Å². The second-order valence-corrected chi connectivity index (χ2v) is 8.45. The number of hydrogen-bond acceptors (Lipinski definition) is 0. The maximum atomic E-state index is 13.5. The standard InChI is InChI=1S/C25H34F2/c1-2-3-4-5-6-7-19-8-10-20(11-9-19)21-12-14-22(15-13-21)23-16-17-24(26)25(27)18-23/h8,14,16-18,20-21H,2-7,9-13,15H2,1H3. The molecule has 148 valence electrons. The Labute approximate surface area is 163 Å². The molecule has 3 rings (SSSR count). The lowest BCUT2D eigenvalue weighted by Crippen LogP contribution is -2.19. The van der Waals surface area contributed by atoms with Crippen LogP contribution in [0, 0.1) is 23.5 Å². The lowest BCUT2D eigenvalue weighted by molar-refractivity contribution is 0.285. The smallest absolute Gasteiger partial charge is 0.159 e. The molecule has 0 N–H and O–H groups in total. The van der Waals surface area contributed by atoms with Crippen LogP contribution in [-0.4, -0.2) is 0 Å². The predicted octanol–water partition coefficient (Wildman–Crippen LogP) is 8.24. The van der Waals surface area contributed by atoms with Gasteiger partial charge in [0.2, 0.25) is 0 Å². The minimum absolute atomic E-state index is 0.741. The first-order valence-corrected chi connectivity index (χ1v) is 11.0. The molecule has 0 radical (unpaired) electrons. The van der Waals surface area contributed by atoms with E-state index in [1.807, 2.05) is 0 Å². The molecule has 0 aliphatic heterocycles. The largest absolute Gasteiger partial charge is 0.204 e. The minimum atomic E-state index is -0.761. The summed E-state index contributed by atoms with van der Waals surface area (Å²) >= 11 is 0. The van der Waals surface area contributed by atoms with Crippen molar-refractivity contribution in [3.8, 4) is 0 Å². The van der Waals surface area contributed by atoms with E-state index in [4.69, 9.17) is 0 Å². The molecule has 0 aromatic heterocycles. The first-order valence-electron chi connectivity index (χ1n) is 11.0. The van der Waals surface area contributed by atoms with Gasteiger partial charge >= 0.3 is 0 Å². The highest BCUT2D eigenvalue weighted by Gasteiger charge is 2.25. The molecule has 0 spiro atoms. The molecule has 0 bridgehead atoms. The Morgan fingerprint density at radius 1 is 0.852 bits per heavy atom. The average molecular weight is 373 g/mol. The van der Waals surface area contributed by atoms with E-state index < -0.39 is 11.6 Å². The van der Waals surface area contributed by atoms with Crippen molar-refractivity contribution < 1.29 is 8.78 Å². The zero-order valence-corrected chi connectivity index (χ0v) is 16.8. The highest BCUT2D eigenvalue weighted by Crippen LogP contribution is 2.40. The molecule has 0 heterocycles. The van der Waals surface area contributed by atoms with Crippen LogP contribution in [0.4, 0.5) is 8.78 Å². The summed E-state index contributed by atoms with van der Waals surface area (Å²) in [6, 6.07) is 4.30. The molecule has 0 amide bonds. The molecule has 2 aliphatic carbocycles. The van der Waals surface area contributed by atoms with Gasteiger partial charge in [-0.15, -0.1) is 0 Å². The Hall–Kier alpha value is -1.44. The van der Waals surface area contributed by atoms with Crippen LogP contribution >= 0.6 is 0 Å². The normalized spacial score (nSPS) is 23.1. The lowest BCUT2D eigenvalue weighted by atomic mass is 9.73. The Morgan fingerprint density at radius 2 is 1.59 bits per heavy atom. The summed E-state index contributed by atoms with van der Waals surface area (Å²) in [6.07, 6.45) is 20.0. The van der Waals surface area contributed by atoms with Gasteiger partial charge in [0, 0.05) is 0 Å². The summed E-state index contributed by atoms with van der Waals surface area (Å²) in [5.41, 5.74) is 3.72. The minimum Gasteiger partial charge on any atom is -0.204 e. The van der Waals surface area contributed by atoms with Crippen molar-refractivity contribution in [1.29, 1.82) is 0 Å². The van der Waals surface area contributed by atoms with Gasteiger partial charge in [-0.25, -0.2) is 8.78 Å². The Morgan fingerprint density at radius 3 is 2.22 bits per heavy atom. The fraction of sp³-hybridized carbons (Fsp3) is 0.600. The topological polar surface area (TPSA) is 0 Å². The van der Waals surface area contributed by atoms with Gasteiger partial charge in [-0.3, -0.25) is 0 Å². The molecule has 0 saturated heterocycles. The first kappa shape index (κ1) is 20.3. The second kappa shape index (κ2) is 10.2. The molecule has 2 aliphatic rings. The van der Waals surface area contributed by atoms with Gasteiger partial charge in [0.1, 0.15) is 0 Å². The summed E-state index contributed by atoms with van der Waals surface area (Å²) in [6.45, 7) is 2.27. The van der Waals surface area contributed by atoms with Gasteiger partial charge in [-0.2, -0.15) is 0 Å². The first-order chi connectivity index (χ1) is 13.2. The van der Waals surface area contributed by atoms with Crippen LogP contribution < -0.4 is 0 Å². The number of benzene rings is 1. The third-order valence-electron chi connectivity index (χ3n) is 6.56. The van der Waals surface area contributed by atoms with Gasteiger partial charge in [0.05, 0.1) is 0 Å². The zero-order chi connectivity index (χ0) is 19.1. The summed E-state index contributed by atoms with van der Waals surface area (Å²) in [4.78, 5) is 0. The molecule has 1 aromatic carbocycles. The van der Waals surface area contributed by atoms with E-state index in [9.17, 15) is 8.78 Å². The van der Waals surface area contributed by atoms with E-state index in [1.54, 1.807) is 11.6 Å². The van der Waals surface area contributed by atoms with Gasteiger partial charge in [0.15, 0.2) is 11.6 Å². The molecule has 0 saturated carbocycles. The average Bonchev–Trinajstić information content (AvgIpc) is 2.71. The van der Waals surface area contributed by atoms with Gasteiger partial charge in [0.25, 0.3) is 0 Å². The maximum absolute atomic E-state index is 13.5. The van der Waals surface area contributed by atoms with Crippen molar-refractivity contribution in [2.24, 2.45) is 11.8 Å². The van der Waals surface area contributed by atoms with Crippen LogP contribution in [0.1, 0.15) is 89.5 Å². The van der Waals surface area contributed by atoms with E-state index >= 15 is 0 Å². The Balaban J connectivity index is 1.46. The van der Waals surface area contributed by atoms with Gasteiger partial charge in [-0.1, -0.05) is 56.4 Å². The highest BCUT2D eigenvalue weighted by atomic mass is 19.2. The molecular formula is C25H34F2. The Kier molecular flexibility index (Phi) is 7.67. The predicted molar refractivity (Wildman–Crippen MR) is 110 cm³/mol. The van der Waals surface area contributed by atoms with Crippen LogP contribution in [0.25, 0.3) is 5.57 Å². The Bertz CT molecular complexity index is 671. The summed E-state index contributed by atoms with van der Waals surface area (Å²) in [5.74, 6) is 0.0522. The molecule has 1 aromatic rings. The zero-order valence-electron chi connectivity index (χ0n) is 16.8. The molecule has 2 heteroatoms. The van der Waals surface area contributed by atoms with Crippen molar-refractivity contribution in [2.75, 3.05) is 0 Å². The van der Waals surface area contributed by atoms with E-state index in [-0.39, 0.29) is 0 Å². The number of allylic oxidation sites excluding steroid dienone is 4. The van der Waals surface area contributed by atoms with Crippen molar-refractivity contribution in [3.63, 3.8) is 0 Å². The fourth-order valence-electron chi connectivity index (χ4n) is 4.76. The number of halogens is 2. The highest BCUT2D eigenvalue weighted by molar-refractivity contribution is 5.66. The third-order valence-corrected chi connectivity index (χ3v) is 6.56. The van der Waals surface area contributed by atoms with Crippen molar-refractivity contribution in [2.45, 2.75) is 84.0 Å². The summed E-state index contributed by atoms with van der Waals surface area (Å²) in [5, 5.41) is 0. The molecular weight excluding hydrogens is 338 g/mol. The second-order valence-electron chi connectivity index (χ2n) is 8.45. The van der Waals surface area contributed by atoms with Gasteiger partial charge in [-0.05, 0) is 86.5 Å². The molecule has 2 atom stereocenters. The van der Waals surface area contributed by atoms with Crippen LogP contribution in [0.3, 0.4) is 0 Å². The molecule has 27 heavy (non-hydrogen) atoms. The van der Waals surface area contributed by atoms with Crippen molar-refractivity contribution >= 4 is 5.57 Å². The van der Waals surface area contributed by atoms with Crippen LogP contribution in [0.15, 0.2) is 35.9 Å². The monoisotopic (exact) mass is 372 g/mol. The SMILES string of the molecule is CCCCCCCC1=CCC(C2CC=C(c3ccc(F)c(F)c3)CC2)CC1. The maximum Gasteiger partial charge on any atom is 0.159 e. The fourth-order valence-corrected chi connectivity index (χ4v) is 4.76. The summed E-state index contributed by atoms with van der Waals surface area (Å²) in [7, 11) is 0. The van der Waals surface area contributed by atoms with E-state index in [2.05, 4.69) is 19.1 Å². The molecule has 0 nitrogen and oxygen atoms in total. The molecule has 2 unspecified atom stereocenters. The van der Waals surface area contributed by atoms with Crippen molar-refractivity contribution in [3.05, 3.63) is 53.1 Å².